The van der Waals surface area contributed by atoms with Crippen LogP contribution in [0.5, 0.6) is 23.0 Å². The van der Waals surface area contributed by atoms with Crippen molar-refractivity contribution in [2.45, 2.75) is 13.3 Å². The zero-order valence-electron chi connectivity index (χ0n) is 16.1. The smallest absolute Gasteiger partial charge is 0.221 e. The fourth-order valence-corrected chi connectivity index (χ4v) is 3.35. The van der Waals surface area contributed by atoms with Gasteiger partial charge in [-0.2, -0.15) is 0 Å². The summed E-state index contributed by atoms with van der Waals surface area (Å²) in [5.74, 6) is 0.692. The topological polar surface area (TPSA) is 94.1 Å². The molecule has 0 unspecified atom stereocenters. The molecular formula is C21H21NO6. The highest BCUT2D eigenvalue weighted by molar-refractivity contribution is 5.93. The summed E-state index contributed by atoms with van der Waals surface area (Å²) in [6, 6.07) is 6.09. The third-order valence-corrected chi connectivity index (χ3v) is 4.53. The van der Waals surface area contributed by atoms with Crippen LogP contribution in [-0.4, -0.2) is 32.3 Å². The van der Waals surface area contributed by atoms with Crippen LogP contribution in [0.3, 0.4) is 0 Å². The number of aromatic hydroxyl groups is 1. The Kier molecular flexibility index (Phi) is 5.26. The monoisotopic (exact) mass is 383 g/mol. The second-order valence-corrected chi connectivity index (χ2v) is 6.24. The summed E-state index contributed by atoms with van der Waals surface area (Å²) in [7, 11) is 4.57. The molecule has 1 aliphatic carbocycles. The molecule has 0 radical (unpaired) electrons. The van der Waals surface area contributed by atoms with E-state index in [0.717, 1.165) is 5.56 Å². The van der Waals surface area contributed by atoms with E-state index in [1.807, 2.05) is 12.1 Å². The van der Waals surface area contributed by atoms with Gasteiger partial charge in [0.25, 0.3) is 0 Å². The van der Waals surface area contributed by atoms with Crippen LogP contribution in [-0.2, 0) is 11.2 Å². The van der Waals surface area contributed by atoms with E-state index in [2.05, 4.69) is 5.32 Å². The Morgan fingerprint density at radius 3 is 2.36 bits per heavy atom. The van der Waals surface area contributed by atoms with Gasteiger partial charge in [0.05, 0.1) is 21.3 Å². The van der Waals surface area contributed by atoms with Crippen LogP contribution >= 0.6 is 0 Å². The molecule has 1 aliphatic rings. The predicted octanol–water partition coefficient (Wildman–Crippen LogP) is 2.48. The molecule has 2 N–H and O–H groups in total. The SMILES string of the molecule is COc1cc2c(c(OC)c1OC)-c1ccc(O)c(=O)cc1C(NC(C)=O)=CC2. The van der Waals surface area contributed by atoms with E-state index in [1.165, 1.54) is 40.4 Å². The second kappa shape index (κ2) is 7.64. The minimum absolute atomic E-state index is 0.270. The Hall–Kier alpha value is -3.48. The first-order chi connectivity index (χ1) is 13.4. The first-order valence-electron chi connectivity index (χ1n) is 8.58. The number of hydrogen-bond donors (Lipinski definition) is 2. The Balaban J connectivity index is 2.45. The van der Waals surface area contributed by atoms with E-state index in [1.54, 1.807) is 6.07 Å². The van der Waals surface area contributed by atoms with Crippen molar-refractivity contribution in [3.05, 3.63) is 51.7 Å². The van der Waals surface area contributed by atoms with Crippen LogP contribution in [0.1, 0.15) is 18.1 Å². The van der Waals surface area contributed by atoms with Crippen LogP contribution in [0.2, 0.25) is 0 Å². The van der Waals surface area contributed by atoms with Gasteiger partial charge < -0.3 is 24.6 Å². The van der Waals surface area contributed by atoms with Gasteiger partial charge in [-0.1, -0.05) is 6.08 Å². The zero-order chi connectivity index (χ0) is 20.4. The third kappa shape index (κ3) is 3.26. The number of rotatable bonds is 4. The van der Waals surface area contributed by atoms with Crippen molar-refractivity contribution in [1.29, 1.82) is 0 Å². The molecule has 0 aromatic heterocycles. The maximum absolute atomic E-state index is 12.3. The van der Waals surface area contributed by atoms with E-state index in [-0.39, 0.29) is 5.91 Å². The van der Waals surface area contributed by atoms with Crippen molar-refractivity contribution in [3.63, 3.8) is 0 Å². The van der Waals surface area contributed by atoms with Crippen LogP contribution < -0.4 is 25.0 Å². The number of benzene rings is 1. The van der Waals surface area contributed by atoms with Gasteiger partial charge >= 0.3 is 0 Å². The van der Waals surface area contributed by atoms with Gasteiger partial charge in [-0.25, -0.2) is 0 Å². The Morgan fingerprint density at radius 1 is 1.04 bits per heavy atom. The number of hydrogen-bond acceptors (Lipinski definition) is 6. The Morgan fingerprint density at radius 2 is 1.75 bits per heavy atom. The lowest BCUT2D eigenvalue weighted by atomic mass is 9.95. The minimum Gasteiger partial charge on any atom is -0.504 e. The van der Waals surface area contributed by atoms with E-state index >= 15 is 0 Å². The molecule has 0 saturated carbocycles. The summed E-state index contributed by atoms with van der Waals surface area (Å²) in [5.41, 5.74) is 2.57. The lowest BCUT2D eigenvalue weighted by Crippen LogP contribution is -2.18. The van der Waals surface area contributed by atoms with Crippen molar-refractivity contribution >= 4 is 11.6 Å². The van der Waals surface area contributed by atoms with Gasteiger partial charge in [-0.05, 0) is 41.8 Å². The summed E-state index contributed by atoms with van der Waals surface area (Å²) in [6.45, 7) is 1.39. The summed E-state index contributed by atoms with van der Waals surface area (Å²) >= 11 is 0. The number of fused-ring (bicyclic) bond motifs is 3. The molecule has 28 heavy (non-hydrogen) atoms. The zero-order valence-corrected chi connectivity index (χ0v) is 16.1. The maximum Gasteiger partial charge on any atom is 0.221 e. The molecule has 0 saturated heterocycles. The number of carbonyl (C=O) groups is 1. The molecule has 146 valence electrons. The maximum atomic E-state index is 12.3. The highest BCUT2D eigenvalue weighted by atomic mass is 16.5. The van der Waals surface area contributed by atoms with E-state index < -0.39 is 11.2 Å². The Bertz CT molecular complexity index is 1040. The third-order valence-electron chi connectivity index (χ3n) is 4.53. The summed E-state index contributed by atoms with van der Waals surface area (Å²) in [4.78, 5) is 24.0. The normalized spacial score (nSPS) is 12.1. The quantitative estimate of drug-likeness (QED) is 0.842. The minimum atomic E-state index is -0.555. The fourth-order valence-electron chi connectivity index (χ4n) is 3.35. The number of methoxy groups -OCH3 is 3. The first kappa shape index (κ1) is 19.3. The van der Waals surface area contributed by atoms with Gasteiger partial charge in [-0.15, -0.1) is 0 Å². The van der Waals surface area contributed by atoms with Crippen LogP contribution in [0, 0.1) is 0 Å². The van der Waals surface area contributed by atoms with Crippen LogP contribution in [0.15, 0.2) is 35.1 Å². The van der Waals surface area contributed by atoms with Gasteiger partial charge in [0.15, 0.2) is 17.2 Å². The molecule has 0 fully saturated rings. The number of nitrogens with one attached hydrogen (secondary N) is 1. The van der Waals surface area contributed by atoms with Crippen LogP contribution in [0.4, 0.5) is 0 Å². The lowest BCUT2D eigenvalue weighted by Gasteiger charge is -2.19. The molecule has 3 rings (SSSR count). The van der Waals surface area contributed by atoms with Crippen molar-refractivity contribution < 1.29 is 24.1 Å². The molecule has 7 heteroatoms. The first-order valence-corrected chi connectivity index (χ1v) is 8.58. The predicted molar refractivity (Wildman–Crippen MR) is 105 cm³/mol. The molecule has 2 aromatic carbocycles. The molecule has 0 spiro atoms. The van der Waals surface area contributed by atoms with E-state index in [4.69, 9.17) is 14.2 Å². The summed E-state index contributed by atoms with van der Waals surface area (Å²) in [5, 5.41) is 12.7. The molecule has 0 heterocycles. The molecular weight excluding hydrogens is 362 g/mol. The standard InChI is InChI=1S/C21H21NO6/c1-11(23)22-15-7-5-12-9-18(26-2)20(27-3)21(28-4)19(12)13-6-8-16(24)17(25)10-14(13)15/h6-10H,5H2,1-4H3,(H,22,23)(H,24,25). The van der Waals surface area contributed by atoms with Crippen LogP contribution in [0.25, 0.3) is 16.8 Å². The number of ether oxygens (including phenoxy) is 3. The fraction of sp³-hybridized carbons (Fsp3) is 0.238. The van der Waals surface area contributed by atoms with E-state index in [0.29, 0.717) is 46.1 Å². The highest BCUT2D eigenvalue weighted by Gasteiger charge is 2.26. The van der Waals surface area contributed by atoms with Gasteiger partial charge in [0.1, 0.15) is 0 Å². The average Bonchev–Trinajstić information content (AvgIpc) is 2.90. The average molecular weight is 383 g/mol. The van der Waals surface area contributed by atoms with Crippen molar-refractivity contribution in [2.24, 2.45) is 0 Å². The highest BCUT2D eigenvalue weighted by Crippen LogP contribution is 2.49. The Labute approximate surface area is 162 Å². The number of amides is 1. The van der Waals surface area contributed by atoms with Gasteiger partial charge in [0.2, 0.25) is 17.1 Å². The summed E-state index contributed by atoms with van der Waals surface area (Å²) in [6.07, 6.45) is 2.27. The second-order valence-electron chi connectivity index (χ2n) is 6.24. The number of carbonyl (C=O) groups excluding carboxylic acids is 1. The molecule has 2 aromatic rings. The van der Waals surface area contributed by atoms with E-state index in [9.17, 15) is 14.7 Å². The molecule has 0 bridgehead atoms. The van der Waals surface area contributed by atoms with Crippen molar-refractivity contribution in [3.8, 4) is 34.1 Å². The molecule has 0 atom stereocenters. The van der Waals surface area contributed by atoms with Crippen molar-refractivity contribution in [2.75, 3.05) is 21.3 Å². The van der Waals surface area contributed by atoms with Crippen molar-refractivity contribution in [1.82, 2.24) is 5.32 Å². The lowest BCUT2D eigenvalue weighted by molar-refractivity contribution is -0.117. The molecule has 7 nitrogen and oxygen atoms in total. The summed E-state index contributed by atoms with van der Waals surface area (Å²) < 4.78 is 16.6. The molecule has 0 aliphatic heterocycles. The largest absolute Gasteiger partial charge is 0.504 e. The number of allylic oxidation sites excluding steroid dienone is 1. The molecule has 1 amide bonds. The van der Waals surface area contributed by atoms with Gasteiger partial charge in [0, 0.05) is 23.7 Å². The van der Waals surface area contributed by atoms with Gasteiger partial charge in [-0.3, -0.25) is 9.59 Å².